The Hall–Kier alpha value is -2.47. The highest BCUT2D eigenvalue weighted by Crippen LogP contribution is 2.34. The third-order valence-corrected chi connectivity index (χ3v) is 5.00. The van der Waals surface area contributed by atoms with E-state index in [1.807, 2.05) is 19.9 Å². The number of benzene rings is 1. The molecule has 0 heterocycles. The highest BCUT2D eigenvalue weighted by atomic mass is 32.2. The summed E-state index contributed by atoms with van der Waals surface area (Å²) in [5.74, 6) is 5.81. The molecule has 1 amide bonds. The van der Waals surface area contributed by atoms with Crippen LogP contribution in [-0.4, -0.2) is 17.4 Å². The van der Waals surface area contributed by atoms with E-state index in [9.17, 15) is 18.0 Å². The lowest BCUT2D eigenvalue weighted by Gasteiger charge is -2.25. The summed E-state index contributed by atoms with van der Waals surface area (Å²) in [6.07, 6.45) is -2.63. The van der Waals surface area contributed by atoms with E-state index in [2.05, 4.69) is 10.4 Å². The standard InChI is InChI=1S/C19H23F3N4OS/c1-5-16(28-6-2)15(26-24)10-18(3,4)17(27)25-13-8-7-12(11-23)14(9-13)19(20,21)22/h5,7-9H,6,10,24H2,1-4H3,(H,25,27)/b16-5-,26-15+. The van der Waals surface area contributed by atoms with Gasteiger partial charge in [0.25, 0.3) is 0 Å². The maximum Gasteiger partial charge on any atom is 0.417 e. The second kappa shape index (κ2) is 9.64. The van der Waals surface area contributed by atoms with Crippen molar-refractivity contribution >= 4 is 29.1 Å². The Balaban J connectivity index is 3.07. The molecule has 0 spiro atoms. The van der Waals surface area contributed by atoms with Gasteiger partial charge in [0.1, 0.15) is 0 Å². The molecule has 0 aliphatic heterocycles. The number of halogens is 3. The summed E-state index contributed by atoms with van der Waals surface area (Å²) in [7, 11) is 0. The van der Waals surface area contributed by atoms with E-state index < -0.39 is 28.6 Å². The monoisotopic (exact) mass is 412 g/mol. The summed E-state index contributed by atoms with van der Waals surface area (Å²) in [5.41, 5.74) is -2.07. The predicted octanol–water partition coefficient (Wildman–Crippen LogP) is 4.90. The lowest BCUT2D eigenvalue weighted by atomic mass is 9.85. The Morgan fingerprint density at radius 1 is 1.39 bits per heavy atom. The summed E-state index contributed by atoms with van der Waals surface area (Å²) in [6, 6.07) is 4.57. The number of carbonyl (C=O) groups excluding carboxylic acids is 1. The van der Waals surface area contributed by atoms with Crippen LogP contribution in [0.25, 0.3) is 0 Å². The van der Waals surface area contributed by atoms with Gasteiger partial charge >= 0.3 is 6.18 Å². The molecule has 0 aliphatic carbocycles. The molecule has 1 aromatic carbocycles. The van der Waals surface area contributed by atoms with Crippen molar-refractivity contribution in [3.63, 3.8) is 0 Å². The summed E-state index contributed by atoms with van der Waals surface area (Å²) in [5, 5.41) is 15.1. The van der Waals surface area contributed by atoms with E-state index in [4.69, 9.17) is 11.1 Å². The average molecular weight is 412 g/mol. The topological polar surface area (TPSA) is 91.3 Å². The van der Waals surface area contributed by atoms with Crippen LogP contribution in [0.1, 0.15) is 45.2 Å². The normalized spacial score (nSPS) is 13.2. The lowest BCUT2D eigenvalue weighted by molar-refractivity contribution is -0.137. The molecule has 152 valence electrons. The van der Waals surface area contributed by atoms with Gasteiger partial charge in [-0.25, -0.2) is 0 Å². The van der Waals surface area contributed by atoms with Crippen molar-refractivity contribution in [3.8, 4) is 6.07 Å². The van der Waals surface area contributed by atoms with Gasteiger partial charge in [0.05, 0.1) is 22.9 Å². The number of thioether (sulfide) groups is 1. The van der Waals surface area contributed by atoms with Crippen molar-refractivity contribution in [1.82, 2.24) is 0 Å². The molecule has 0 fully saturated rings. The number of alkyl halides is 3. The van der Waals surface area contributed by atoms with Gasteiger partial charge in [-0.1, -0.05) is 26.8 Å². The van der Waals surface area contributed by atoms with Crippen LogP contribution in [0, 0.1) is 16.7 Å². The SMILES string of the molecule is C/C=C(SCC)/C(CC(C)(C)C(=O)Nc1ccc(C#N)c(C(F)(F)F)c1)=N/N. The zero-order chi connectivity index (χ0) is 21.5. The minimum absolute atomic E-state index is 0.0372. The molecule has 0 aromatic heterocycles. The minimum Gasteiger partial charge on any atom is -0.326 e. The number of nitriles is 1. The van der Waals surface area contributed by atoms with Crippen LogP contribution in [0.15, 0.2) is 34.3 Å². The fraction of sp³-hybridized carbons (Fsp3) is 0.421. The number of nitrogens with one attached hydrogen (secondary N) is 1. The Morgan fingerprint density at radius 3 is 2.50 bits per heavy atom. The van der Waals surface area contributed by atoms with Crippen LogP contribution in [0.2, 0.25) is 0 Å². The van der Waals surface area contributed by atoms with Gasteiger partial charge in [-0.3, -0.25) is 4.79 Å². The van der Waals surface area contributed by atoms with Gasteiger partial charge < -0.3 is 11.2 Å². The van der Waals surface area contributed by atoms with Gasteiger partial charge in [-0.15, -0.1) is 11.8 Å². The van der Waals surface area contributed by atoms with Crippen molar-refractivity contribution in [2.45, 2.75) is 40.3 Å². The van der Waals surface area contributed by atoms with Crippen LogP contribution in [0.4, 0.5) is 18.9 Å². The number of amides is 1. The third-order valence-electron chi connectivity index (χ3n) is 3.93. The fourth-order valence-corrected chi connectivity index (χ4v) is 3.21. The largest absolute Gasteiger partial charge is 0.417 e. The lowest BCUT2D eigenvalue weighted by Crippen LogP contribution is -2.33. The van der Waals surface area contributed by atoms with Gasteiger partial charge in [-0.2, -0.15) is 23.5 Å². The number of rotatable bonds is 7. The van der Waals surface area contributed by atoms with Gasteiger partial charge in [0.15, 0.2) is 0 Å². The van der Waals surface area contributed by atoms with Crippen molar-refractivity contribution in [2.24, 2.45) is 16.4 Å². The molecule has 0 radical (unpaired) electrons. The van der Waals surface area contributed by atoms with E-state index in [0.717, 1.165) is 22.8 Å². The average Bonchev–Trinajstić information content (AvgIpc) is 2.63. The van der Waals surface area contributed by atoms with Crippen LogP contribution in [-0.2, 0) is 11.0 Å². The molecular formula is C19H23F3N4OS. The maximum absolute atomic E-state index is 13.1. The summed E-state index contributed by atoms with van der Waals surface area (Å²) >= 11 is 1.54. The van der Waals surface area contributed by atoms with E-state index in [-0.39, 0.29) is 12.1 Å². The van der Waals surface area contributed by atoms with Crippen LogP contribution < -0.4 is 11.2 Å². The van der Waals surface area contributed by atoms with E-state index in [0.29, 0.717) is 5.71 Å². The third kappa shape index (κ3) is 6.02. The summed E-state index contributed by atoms with van der Waals surface area (Å²) in [4.78, 5) is 13.5. The second-order valence-electron chi connectivity index (χ2n) is 6.55. The summed E-state index contributed by atoms with van der Waals surface area (Å²) in [6.45, 7) is 7.13. The number of allylic oxidation sites excluding steroid dienone is 2. The molecule has 0 saturated carbocycles. The molecule has 3 N–H and O–H groups in total. The smallest absolute Gasteiger partial charge is 0.326 e. The zero-order valence-corrected chi connectivity index (χ0v) is 17.0. The predicted molar refractivity (Wildman–Crippen MR) is 107 cm³/mol. The molecule has 0 bridgehead atoms. The number of hydrazone groups is 1. The molecule has 1 rings (SSSR count). The second-order valence-corrected chi connectivity index (χ2v) is 7.85. The van der Waals surface area contributed by atoms with Gasteiger partial charge in [0, 0.05) is 22.4 Å². The number of nitrogens with zero attached hydrogens (tertiary/aromatic N) is 2. The van der Waals surface area contributed by atoms with Crippen LogP contribution in [0.5, 0.6) is 0 Å². The molecule has 0 unspecified atom stereocenters. The first-order valence-electron chi connectivity index (χ1n) is 8.49. The van der Waals surface area contributed by atoms with Crippen LogP contribution >= 0.6 is 11.8 Å². The highest BCUT2D eigenvalue weighted by Gasteiger charge is 2.35. The Kier molecular flexibility index (Phi) is 8.12. The molecular weight excluding hydrogens is 389 g/mol. The number of carbonyl (C=O) groups is 1. The molecule has 0 saturated heterocycles. The summed E-state index contributed by atoms with van der Waals surface area (Å²) < 4.78 is 39.3. The molecule has 1 aromatic rings. The number of hydrogen-bond donors (Lipinski definition) is 2. The quantitative estimate of drug-likeness (QED) is 0.378. The first-order valence-corrected chi connectivity index (χ1v) is 9.47. The molecule has 5 nitrogen and oxygen atoms in total. The first kappa shape index (κ1) is 23.6. The fourth-order valence-electron chi connectivity index (χ4n) is 2.44. The van der Waals surface area contributed by atoms with Crippen LogP contribution in [0.3, 0.4) is 0 Å². The molecule has 0 aliphatic rings. The van der Waals surface area contributed by atoms with Crippen molar-refractivity contribution < 1.29 is 18.0 Å². The minimum atomic E-state index is -4.70. The number of anilines is 1. The molecule has 0 atom stereocenters. The first-order chi connectivity index (χ1) is 13.0. The Bertz CT molecular complexity index is 823. The maximum atomic E-state index is 13.1. The van der Waals surface area contributed by atoms with Gasteiger partial charge in [0.2, 0.25) is 5.91 Å². The highest BCUT2D eigenvalue weighted by molar-refractivity contribution is 8.04. The molecule has 28 heavy (non-hydrogen) atoms. The number of hydrogen-bond acceptors (Lipinski definition) is 5. The van der Waals surface area contributed by atoms with E-state index >= 15 is 0 Å². The molecule has 9 heteroatoms. The number of nitrogens with two attached hydrogens (primary N) is 1. The van der Waals surface area contributed by atoms with Crippen molar-refractivity contribution in [1.29, 1.82) is 5.26 Å². The van der Waals surface area contributed by atoms with E-state index in [1.54, 1.807) is 13.8 Å². The Labute approximate surface area is 166 Å². The van der Waals surface area contributed by atoms with Gasteiger partial charge in [-0.05, 0) is 30.9 Å². The zero-order valence-electron chi connectivity index (χ0n) is 16.1. The van der Waals surface area contributed by atoms with Crippen molar-refractivity contribution in [3.05, 3.63) is 40.3 Å². The van der Waals surface area contributed by atoms with Crippen molar-refractivity contribution in [2.75, 3.05) is 11.1 Å². The van der Waals surface area contributed by atoms with E-state index in [1.165, 1.54) is 23.9 Å². The Morgan fingerprint density at radius 2 is 2.04 bits per heavy atom.